The Balaban J connectivity index is 2.08. The molecule has 0 spiro atoms. The van der Waals surface area contributed by atoms with Crippen LogP contribution in [0, 0.1) is 11.7 Å². The molecule has 118 valence electrons. The smallest absolute Gasteiger partial charge is 0.128 e. The summed E-state index contributed by atoms with van der Waals surface area (Å²) in [6.07, 6.45) is 2.77. The maximum absolute atomic E-state index is 13.4. The number of nitrogens with one attached hydrogen (secondary N) is 1. The highest BCUT2D eigenvalue weighted by Crippen LogP contribution is 2.20. The van der Waals surface area contributed by atoms with Crippen molar-refractivity contribution in [2.45, 2.75) is 39.5 Å². The molecule has 1 atom stereocenters. The Hall–Kier alpha value is -1.78. The SMILES string of the molecule is CC(C)CC(NCc1ccc(F)c(CO)c1)c1ccccn1. The summed E-state index contributed by atoms with van der Waals surface area (Å²) in [5, 5.41) is 12.6. The van der Waals surface area contributed by atoms with E-state index >= 15 is 0 Å². The van der Waals surface area contributed by atoms with Gasteiger partial charge in [0.1, 0.15) is 5.82 Å². The summed E-state index contributed by atoms with van der Waals surface area (Å²) in [4.78, 5) is 4.43. The number of benzene rings is 1. The zero-order valence-corrected chi connectivity index (χ0v) is 13.1. The Bertz CT molecular complexity index is 587. The number of hydrogen-bond donors (Lipinski definition) is 2. The van der Waals surface area contributed by atoms with E-state index in [4.69, 9.17) is 5.11 Å². The Morgan fingerprint density at radius 3 is 2.68 bits per heavy atom. The minimum atomic E-state index is -0.366. The van der Waals surface area contributed by atoms with E-state index in [9.17, 15) is 4.39 Å². The van der Waals surface area contributed by atoms with E-state index in [1.54, 1.807) is 18.3 Å². The highest BCUT2D eigenvalue weighted by atomic mass is 19.1. The number of aliphatic hydroxyl groups excluding tert-OH is 1. The highest BCUT2D eigenvalue weighted by molar-refractivity contribution is 5.24. The van der Waals surface area contributed by atoms with E-state index in [-0.39, 0.29) is 18.5 Å². The van der Waals surface area contributed by atoms with Gasteiger partial charge in [0.05, 0.1) is 12.3 Å². The molecular formula is C18H23FN2O. The van der Waals surface area contributed by atoms with Crippen LogP contribution in [0.1, 0.15) is 43.1 Å². The molecule has 3 nitrogen and oxygen atoms in total. The third kappa shape index (κ3) is 4.61. The lowest BCUT2D eigenvalue weighted by Crippen LogP contribution is -2.23. The van der Waals surface area contributed by atoms with Gasteiger partial charge in [-0.2, -0.15) is 0 Å². The molecule has 0 aliphatic heterocycles. The fourth-order valence-electron chi connectivity index (χ4n) is 2.46. The summed E-state index contributed by atoms with van der Waals surface area (Å²) in [5.74, 6) is 0.176. The summed E-state index contributed by atoms with van der Waals surface area (Å²) in [7, 11) is 0. The van der Waals surface area contributed by atoms with Crippen LogP contribution in [0.15, 0.2) is 42.6 Å². The van der Waals surface area contributed by atoms with Crippen molar-refractivity contribution in [3.05, 3.63) is 65.2 Å². The fourth-order valence-corrected chi connectivity index (χ4v) is 2.46. The summed E-state index contributed by atoms with van der Waals surface area (Å²) in [6.45, 7) is 4.69. The zero-order valence-electron chi connectivity index (χ0n) is 13.1. The predicted molar refractivity (Wildman–Crippen MR) is 85.6 cm³/mol. The maximum atomic E-state index is 13.4. The van der Waals surface area contributed by atoms with Crippen molar-refractivity contribution in [2.75, 3.05) is 0 Å². The first kappa shape index (κ1) is 16.6. The van der Waals surface area contributed by atoms with Crippen molar-refractivity contribution in [3.8, 4) is 0 Å². The number of nitrogens with zero attached hydrogens (tertiary/aromatic N) is 1. The van der Waals surface area contributed by atoms with E-state index in [2.05, 4.69) is 24.1 Å². The molecule has 0 amide bonds. The summed E-state index contributed by atoms with van der Waals surface area (Å²) in [6, 6.07) is 10.9. The van der Waals surface area contributed by atoms with Crippen LogP contribution in [-0.4, -0.2) is 10.1 Å². The number of aromatic nitrogens is 1. The number of rotatable bonds is 7. The van der Waals surface area contributed by atoms with Gasteiger partial charge in [0.25, 0.3) is 0 Å². The van der Waals surface area contributed by atoms with Crippen molar-refractivity contribution in [1.82, 2.24) is 10.3 Å². The normalized spacial score (nSPS) is 12.6. The average Bonchev–Trinajstić information content (AvgIpc) is 2.53. The topological polar surface area (TPSA) is 45.1 Å². The van der Waals surface area contributed by atoms with Crippen LogP contribution in [0.3, 0.4) is 0 Å². The molecule has 2 rings (SSSR count). The predicted octanol–water partition coefficient (Wildman–Crippen LogP) is 3.59. The van der Waals surface area contributed by atoms with E-state index in [0.717, 1.165) is 17.7 Å². The number of hydrogen-bond acceptors (Lipinski definition) is 3. The number of halogens is 1. The molecule has 1 aromatic carbocycles. The molecule has 1 unspecified atom stereocenters. The third-order valence-electron chi connectivity index (χ3n) is 3.58. The molecule has 0 bridgehead atoms. The van der Waals surface area contributed by atoms with Crippen molar-refractivity contribution in [2.24, 2.45) is 5.92 Å². The summed E-state index contributed by atoms with van der Waals surface area (Å²) in [5.41, 5.74) is 2.30. The quantitative estimate of drug-likeness (QED) is 0.821. The second-order valence-electron chi connectivity index (χ2n) is 5.90. The lowest BCUT2D eigenvalue weighted by atomic mass is 10.00. The van der Waals surface area contributed by atoms with Gasteiger partial charge in [-0.3, -0.25) is 4.98 Å². The lowest BCUT2D eigenvalue weighted by molar-refractivity contribution is 0.275. The van der Waals surface area contributed by atoms with Crippen LogP contribution >= 0.6 is 0 Å². The maximum Gasteiger partial charge on any atom is 0.128 e. The minimum Gasteiger partial charge on any atom is -0.392 e. The minimum absolute atomic E-state index is 0.156. The standard InChI is InChI=1S/C18H23FN2O/c1-13(2)9-18(17-5-3-4-8-20-17)21-11-14-6-7-16(19)15(10-14)12-22/h3-8,10,13,18,21-22H,9,11-12H2,1-2H3. The molecule has 0 aliphatic rings. The monoisotopic (exact) mass is 302 g/mol. The Kier molecular flexibility index (Phi) is 6.04. The molecule has 0 saturated carbocycles. The van der Waals surface area contributed by atoms with E-state index in [1.165, 1.54) is 6.07 Å². The molecule has 0 radical (unpaired) electrons. The third-order valence-corrected chi connectivity index (χ3v) is 3.58. The first-order chi connectivity index (χ1) is 10.6. The molecule has 1 aromatic heterocycles. The van der Waals surface area contributed by atoms with Crippen LogP contribution in [0.25, 0.3) is 0 Å². The summed E-state index contributed by atoms with van der Waals surface area (Å²) < 4.78 is 13.4. The van der Waals surface area contributed by atoms with Gasteiger partial charge in [0.15, 0.2) is 0 Å². The van der Waals surface area contributed by atoms with Gasteiger partial charge in [0.2, 0.25) is 0 Å². The van der Waals surface area contributed by atoms with Gasteiger partial charge in [0, 0.05) is 24.3 Å². The van der Waals surface area contributed by atoms with E-state index in [1.807, 2.05) is 18.2 Å². The van der Waals surface area contributed by atoms with Gasteiger partial charge in [-0.05, 0) is 42.2 Å². The molecule has 0 aliphatic carbocycles. The van der Waals surface area contributed by atoms with Gasteiger partial charge >= 0.3 is 0 Å². The molecule has 2 aromatic rings. The van der Waals surface area contributed by atoms with E-state index < -0.39 is 0 Å². The van der Waals surface area contributed by atoms with Gasteiger partial charge in [-0.25, -0.2) is 4.39 Å². The highest BCUT2D eigenvalue weighted by Gasteiger charge is 2.14. The van der Waals surface area contributed by atoms with Crippen LogP contribution < -0.4 is 5.32 Å². The van der Waals surface area contributed by atoms with Crippen molar-refractivity contribution in [1.29, 1.82) is 0 Å². The fraction of sp³-hybridized carbons (Fsp3) is 0.389. The van der Waals surface area contributed by atoms with E-state index in [0.29, 0.717) is 18.0 Å². The second-order valence-corrected chi connectivity index (χ2v) is 5.90. The summed E-state index contributed by atoms with van der Waals surface area (Å²) >= 11 is 0. The van der Waals surface area contributed by atoms with Crippen molar-refractivity contribution >= 4 is 0 Å². The van der Waals surface area contributed by atoms with Crippen LogP contribution in [0.4, 0.5) is 4.39 Å². The van der Waals surface area contributed by atoms with Crippen LogP contribution in [0.5, 0.6) is 0 Å². The molecule has 1 heterocycles. The number of aliphatic hydroxyl groups is 1. The molecule has 4 heteroatoms. The van der Waals surface area contributed by atoms with Crippen molar-refractivity contribution in [3.63, 3.8) is 0 Å². The molecule has 0 saturated heterocycles. The molecule has 22 heavy (non-hydrogen) atoms. The second kappa shape index (κ2) is 8.01. The van der Waals surface area contributed by atoms with Crippen LogP contribution in [-0.2, 0) is 13.2 Å². The first-order valence-corrected chi connectivity index (χ1v) is 7.62. The van der Waals surface area contributed by atoms with Gasteiger partial charge < -0.3 is 10.4 Å². The Morgan fingerprint density at radius 2 is 2.05 bits per heavy atom. The molecule has 2 N–H and O–H groups in total. The average molecular weight is 302 g/mol. The largest absolute Gasteiger partial charge is 0.392 e. The molecule has 0 fully saturated rings. The van der Waals surface area contributed by atoms with Crippen LogP contribution in [0.2, 0.25) is 0 Å². The Morgan fingerprint density at radius 1 is 1.23 bits per heavy atom. The van der Waals surface area contributed by atoms with Gasteiger partial charge in [-0.1, -0.05) is 26.0 Å². The first-order valence-electron chi connectivity index (χ1n) is 7.62. The number of pyridine rings is 1. The molecular weight excluding hydrogens is 279 g/mol. The Labute approximate surface area is 131 Å². The van der Waals surface area contributed by atoms with Crippen molar-refractivity contribution < 1.29 is 9.50 Å². The zero-order chi connectivity index (χ0) is 15.9. The lowest BCUT2D eigenvalue weighted by Gasteiger charge is -2.20. The van der Waals surface area contributed by atoms with Gasteiger partial charge in [-0.15, -0.1) is 0 Å².